The van der Waals surface area contributed by atoms with Crippen LogP contribution in [-0.2, 0) is 11.2 Å². The number of carbonyl (C=O) groups excluding carboxylic acids is 1. The molecular formula is C23H26F4N4O4. The molecule has 12 heteroatoms. The lowest BCUT2D eigenvalue weighted by Crippen LogP contribution is -2.62. The SMILES string of the molecule is Cc1c(Cc2ccc(F)c(C(=O)N3CCC4(CCN4)CC3)c2)n[nH]c(=O)c1C.O=C(O)C(F)(F)F. The minimum atomic E-state index is -5.08. The maximum Gasteiger partial charge on any atom is 0.490 e. The van der Waals surface area contributed by atoms with E-state index in [2.05, 4.69) is 15.5 Å². The van der Waals surface area contributed by atoms with E-state index in [1.165, 1.54) is 6.07 Å². The molecule has 1 amide bonds. The van der Waals surface area contributed by atoms with E-state index in [0.29, 0.717) is 25.1 Å². The number of aliphatic carboxylic acids is 1. The summed E-state index contributed by atoms with van der Waals surface area (Å²) in [5.41, 5.74) is 3.04. The van der Waals surface area contributed by atoms with Gasteiger partial charge < -0.3 is 15.3 Å². The first-order chi connectivity index (χ1) is 16.3. The molecule has 0 aliphatic carbocycles. The Bertz CT molecular complexity index is 1170. The average molecular weight is 498 g/mol. The number of H-pyrrole nitrogens is 1. The highest BCUT2D eigenvalue weighted by Gasteiger charge is 2.40. The minimum Gasteiger partial charge on any atom is -0.475 e. The van der Waals surface area contributed by atoms with Crippen LogP contribution in [0.2, 0.25) is 0 Å². The Morgan fingerprint density at radius 3 is 2.26 bits per heavy atom. The fourth-order valence-corrected chi connectivity index (χ4v) is 4.10. The highest BCUT2D eigenvalue weighted by atomic mass is 19.4. The molecule has 3 heterocycles. The number of hydrogen-bond acceptors (Lipinski definition) is 5. The van der Waals surface area contributed by atoms with Gasteiger partial charge in [0.15, 0.2) is 0 Å². The third-order valence-corrected chi connectivity index (χ3v) is 6.61. The van der Waals surface area contributed by atoms with Crippen LogP contribution in [-0.4, -0.2) is 63.4 Å². The molecular weight excluding hydrogens is 472 g/mol. The van der Waals surface area contributed by atoms with Crippen LogP contribution in [0.3, 0.4) is 0 Å². The number of carbonyl (C=O) groups is 2. The van der Waals surface area contributed by atoms with Crippen molar-refractivity contribution in [3.63, 3.8) is 0 Å². The number of rotatable bonds is 3. The highest BCUT2D eigenvalue weighted by molar-refractivity contribution is 5.94. The van der Waals surface area contributed by atoms with Crippen molar-refractivity contribution in [2.75, 3.05) is 19.6 Å². The summed E-state index contributed by atoms with van der Waals surface area (Å²) in [4.78, 5) is 35.2. The van der Waals surface area contributed by atoms with Crippen LogP contribution in [0.1, 0.15) is 52.0 Å². The van der Waals surface area contributed by atoms with Crippen molar-refractivity contribution in [3.05, 3.63) is 62.3 Å². The molecule has 0 atom stereocenters. The van der Waals surface area contributed by atoms with Crippen LogP contribution in [0.15, 0.2) is 23.0 Å². The maximum absolute atomic E-state index is 14.4. The second-order valence-corrected chi connectivity index (χ2v) is 8.79. The predicted octanol–water partition coefficient (Wildman–Crippen LogP) is 2.72. The molecule has 1 aromatic carbocycles. The number of carboxylic acid groups (broad SMARTS) is 1. The second-order valence-electron chi connectivity index (χ2n) is 8.79. The molecule has 2 saturated heterocycles. The number of aromatic nitrogens is 2. The summed E-state index contributed by atoms with van der Waals surface area (Å²) in [7, 11) is 0. The zero-order valence-electron chi connectivity index (χ0n) is 19.3. The Morgan fingerprint density at radius 2 is 1.74 bits per heavy atom. The normalized spacial score (nSPS) is 16.8. The van der Waals surface area contributed by atoms with Gasteiger partial charge in [0.1, 0.15) is 5.82 Å². The van der Waals surface area contributed by atoms with Gasteiger partial charge in [-0.1, -0.05) is 6.07 Å². The van der Waals surface area contributed by atoms with Gasteiger partial charge >= 0.3 is 12.1 Å². The molecule has 1 spiro atoms. The molecule has 4 rings (SSSR count). The van der Waals surface area contributed by atoms with Gasteiger partial charge in [-0.05, 0) is 62.9 Å². The minimum absolute atomic E-state index is 0.105. The van der Waals surface area contributed by atoms with Gasteiger partial charge in [0.05, 0.1) is 11.3 Å². The van der Waals surface area contributed by atoms with E-state index in [4.69, 9.17) is 9.90 Å². The first-order valence-corrected chi connectivity index (χ1v) is 11.0. The largest absolute Gasteiger partial charge is 0.490 e. The van der Waals surface area contributed by atoms with Gasteiger partial charge in [-0.25, -0.2) is 14.3 Å². The quantitative estimate of drug-likeness (QED) is 0.561. The standard InChI is InChI=1S/C21H25FN4O2.C2HF3O2/c1-13-14(2)19(27)25-24-18(13)12-15-3-4-17(22)16(11-15)20(28)26-9-6-21(7-10-26)5-8-23-21;3-2(4,5)1(6)7/h3-4,11,23H,5-10,12H2,1-2H3,(H,25,27);(H,6,7). The Labute approximate surface area is 198 Å². The lowest BCUT2D eigenvalue weighted by atomic mass is 9.79. The van der Waals surface area contributed by atoms with E-state index in [9.17, 15) is 27.2 Å². The molecule has 1 aromatic heterocycles. The topological polar surface area (TPSA) is 115 Å². The summed E-state index contributed by atoms with van der Waals surface area (Å²) in [6.45, 7) is 5.94. The monoisotopic (exact) mass is 498 g/mol. The van der Waals surface area contributed by atoms with E-state index in [-0.39, 0.29) is 22.6 Å². The molecule has 0 radical (unpaired) electrons. The fraction of sp³-hybridized carbons (Fsp3) is 0.478. The van der Waals surface area contributed by atoms with E-state index in [0.717, 1.165) is 42.6 Å². The van der Waals surface area contributed by atoms with Gasteiger partial charge in [0.25, 0.3) is 11.5 Å². The smallest absolute Gasteiger partial charge is 0.475 e. The molecule has 35 heavy (non-hydrogen) atoms. The number of nitrogens with zero attached hydrogens (tertiary/aromatic N) is 2. The van der Waals surface area contributed by atoms with Crippen LogP contribution in [0.4, 0.5) is 17.6 Å². The molecule has 8 nitrogen and oxygen atoms in total. The number of likely N-dealkylation sites (tertiary alicyclic amines) is 1. The fourth-order valence-electron chi connectivity index (χ4n) is 4.10. The number of benzene rings is 1. The zero-order chi connectivity index (χ0) is 26.0. The summed E-state index contributed by atoms with van der Waals surface area (Å²) in [6.07, 6.45) is -1.67. The number of hydrogen-bond donors (Lipinski definition) is 3. The van der Waals surface area contributed by atoms with Crippen LogP contribution in [0, 0.1) is 19.7 Å². The van der Waals surface area contributed by atoms with Gasteiger partial charge in [-0.15, -0.1) is 0 Å². The van der Waals surface area contributed by atoms with Gasteiger partial charge in [-0.2, -0.15) is 18.3 Å². The number of nitrogens with one attached hydrogen (secondary N) is 2. The van der Waals surface area contributed by atoms with Gasteiger partial charge in [0, 0.05) is 30.6 Å². The van der Waals surface area contributed by atoms with Crippen molar-refractivity contribution in [2.45, 2.75) is 51.2 Å². The highest BCUT2D eigenvalue weighted by Crippen LogP contribution is 2.31. The molecule has 190 valence electrons. The Kier molecular flexibility index (Phi) is 7.63. The van der Waals surface area contributed by atoms with E-state index >= 15 is 0 Å². The van der Waals surface area contributed by atoms with Crippen LogP contribution in [0.5, 0.6) is 0 Å². The zero-order valence-corrected chi connectivity index (χ0v) is 19.3. The Hall–Kier alpha value is -3.28. The molecule has 3 N–H and O–H groups in total. The van der Waals surface area contributed by atoms with Crippen molar-refractivity contribution in [1.82, 2.24) is 20.4 Å². The van der Waals surface area contributed by atoms with E-state index in [1.54, 1.807) is 24.0 Å². The summed E-state index contributed by atoms with van der Waals surface area (Å²) < 4.78 is 46.2. The number of halogens is 4. The van der Waals surface area contributed by atoms with Crippen molar-refractivity contribution in [2.24, 2.45) is 0 Å². The molecule has 2 fully saturated rings. The summed E-state index contributed by atoms with van der Waals surface area (Å²) in [5, 5.41) is 17.2. The summed E-state index contributed by atoms with van der Waals surface area (Å²) >= 11 is 0. The summed E-state index contributed by atoms with van der Waals surface area (Å²) in [5.74, 6) is -3.51. The number of alkyl halides is 3. The van der Waals surface area contributed by atoms with Crippen LogP contribution >= 0.6 is 0 Å². The molecule has 2 aliphatic heterocycles. The van der Waals surface area contributed by atoms with E-state index < -0.39 is 18.0 Å². The van der Waals surface area contributed by atoms with Gasteiger partial charge in [0.2, 0.25) is 0 Å². The number of aromatic amines is 1. The molecule has 2 aromatic rings. The van der Waals surface area contributed by atoms with Crippen LogP contribution in [0.25, 0.3) is 0 Å². The lowest BCUT2D eigenvalue weighted by molar-refractivity contribution is -0.192. The number of piperidine rings is 1. The Morgan fingerprint density at radius 1 is 1.14 bits per heavy atom. The van der Waals surface area contributed by atoms with Crippen molar-refractivity contribution < 1.29 is 32.3 Å². The molecule has 0 bridgehead atoms. The third-order valence-electron chi connectivity index (χ3n) is 6.61. The predicted molar refractivity (Wildman–Crippen MR) is 118 cm³/mol. The first kappa shape index (κ1) is 26.3. The summed E-state index contributed by atoms with van der Waals surface area (Å²) in [6, 6.07) is 4.62. The Balaban J connectivity index is 0.000000429. The maximum atomic E-state index is 14.4. The average Bonchev–Trinajstić information content (AvgIpc) is 2.79. The second kappa shape index (κ2) is 10.1. The lowest BCUT2D eigenvalue weighted by Gasteiger charge is -2.48. The van der Waals surface area contributed by atoms with Crippen molar-refractivity contribution >= 4 is 11.9 Å². The first-order valence-electron chi connectivity index (χ1n) is 11.0. The number of carboxylic acids is 1. The number of amides is 1. The van der Waals surface area contributed by atoms with E-state index in [1.807, 2.05) is 6.92 Å². The van der Waals surface area contributed by atoms with Crippen molar-refractivity contribution in [1.29, 1.82) is 0 Å². The molecule has 0 unspecified atom stereocenters. The molecule has 0 saturated carbocycles. The van der Waals surface area contributed by atoms with Crippen LogP contribution < -0.4 is 10.9 Å². The van der Waals surface area contributed by atoms with Gasteiger partial charge in [-0.3, -0.25) is 9.59 Å². The molecule has 2 aliphatic rings. The van der Waals surface area contributed by atoms with Crippen molar-refractivity contribution in [3.8, 4) is 0 Å². The third kappa shape index (κ3) is 6.05.